The lowest BCUT2D eigenvalue weighted by molar-refractivity contribution is 0.358. The van der Waals surface area contributed by atoms with Gasteiger partial charge in [-0.15, -0.1) is 0 Å². The molecule has 0 saturated carbocycles. The minimum atomic E-state index is -3.34. The van der Waals surface area contributed by atoms with Crippen LogP contribution in [-0.4, -0.2) is 16.4 Å². The topological polar surface area (TPSA) is 49.7 Å². The fraction of sp³-hybridized carbons (Fsp3) is 0.111. The standard InChI is InChI=1S/C9H9O3PS/c10-13(11,14)8-4-3-7-2-1-5-12-9(7)6-8/h1-4,6H,5H2,(H2,10,11,14). The molecular formula is C9H9O3PS. The first-order valence-electron chi connectivity index (χ1n) is 4.07. The molecule has 1 aromatic carbocycles. The predicted octanol–water partition coefficient (Wildman–Crippen LogP) is 1.01. The predicted molar refractivity (Wildman–Crippen MR) is 59.3 cm³/mol. The SMILES string of the molecule is OP(O)(=S)c1ccc2c(c1)OCC=C2. The normalized spacial score (nSPS) is 14.7. The van der Waals surface area contributed by atoms with Gasteiger partial charge in [0.15, 0.2) is 0 Å². The molecule has 1 aromatic rings. The first kappa shape index (κ1) is 9.87. The van der Waals surface area contributed by atoms with Gasteiger partial charge in [-0.1, -0.05) is 12.1 Å². The summed E-state index contributed by atoms with van der Waals surface area (Å²) >= 11 is 4.61. The van der Waals surface area contributed by atoms with E-state index in [1.54, 1.807) is 18.2 Å². The van der Waals surface area contributed by atoms with Gasteiger partial charge < -0.3 is 14.5 Å². The summed E-state index contributed by atoms with van der Waals surface area (Å²) in [4.78, 5) is 18.6. The molecule has 1 aliphatic rings. The van der Waals surface area contributed by atoms with Crippen molar-refractivity contribution in [1.29, 1.82) is 0 Å². The van der Waals surface area contributed by atoms with E-state index in [0.717, 1.165) is 5.56 Å². The van der Waals surface area contributed by atoms with E-state index in [1.807, 2.05) is 12.2 Å². The van der Waals surface area contributed by atoms with E-state index in [1.165, 1.54) is 0 Å². The van der Waals surface area contributed by atoms with Gasteiger partial charge >= 0.3 is 0 Å². The summed E-state index contributed by atoms with van der Waals surface area (Å²) in [6.45, 7) is -2.83. The number of benzene rings is 1. The van der Waals surface area contributed by atoms with Crippen LogP contribution >= 0.6 is 6.49 Å². The fourth-order valence-corrected chi connectivity index (χ4v) is 2.17. The molecule has 2 rings (SSSR count). The highest BCUT2D eigenvalue weighted by atomic mass is 32.5. The fourth-order valence-electron chi connectivity index (χ4n) is 1.28. The number of fused-ring (bicyclic) bond motifs is 1. The van der Waals surface area contributed by atoms with Gasteiger partial charge in [0.2, 0.25) is 6.49 Å². The average molecular weight is 228 g/mol. The van der Waals surface area contributed by atoms with Gasteiger partial charge in [-0.05, 0) is 30.0 Å². The quantitative estimate of drug-likeness (QED) is 0.704. The summed E-state index contributed by atoms with van der Waals surface area (Å²) in [5.74, 6) is 0.655. The Labute approximate surface area is 86.8 Å². The third-order valence-corrected chi connectivity index (χ3v) is 3.55. The molecule has 0 fully saturated rings. The van der Waals surface area contributed by atoms with Gasteiger partial charge in [0.05, 0.1) is 0 Å². The van der Waals surface area contributed by atoms with E-state index in [2.05, 4.69) is 11.8 Å². The van der Waals surface area contributed by atoms with Crippen LogP contribution in [0.4, 0.5) is 0 Å². The molecule has 5 heteroatoms. The van der Waals surface area contributed by atoms with Crippen LogP contribution in [-0.2, 0) is 11.8 Å². The third-order valence-electron chi connectivity index (χ3n) is 1.97. The minimum Gasteiger partial charge on any atom is -0.489 e. The van der Waals surface area contributed by atoms with Crippen molar-refractivity contribution in [2.75, 3.05) is 6.61 Å². The lowest BCUT2D eigenvalue weighted by atomic mass is 10.1. The summed E-state index contributed by atoms with van der Waals surface area (Å²) in [5, 5.41) is 0.363. The van der Waals surface area contributed by atoms with Crippen molar-refractivity contribution in [1.82, 2.24) is 0 Å². The Morgan fingerprint density at radius 2 is 2.14 bits per heavy atom. The van der Waals surface area contributed by atoms with Gasteiger partial charge in [0.1, 0.15) is 12.4 Å². The summed E-state index contributed by atoms with van der Waals surface area (Å²) in [7, 11) is 0. The smallest absolute Gasteiger partial charge is 0.214 e. The molecular weight excluding hydrogens is 219 g/mol. The van der Waals surface area contributed by atoms with Crippen LogP contribution in [0.1, 0.15) is 5.56 Å². The van der Waals surface area contributed by atoms with Crippen LogP contribution in [0.3, 0.4) is 0 Å². The number of ether oxygens (including phenoxy) is 1. The molecule has 1 aliphatic heterocycles. The second-order valence-electron chi connectivity index (χ2n) is 2.98. The Kier molecular flexibility index (Phi) is 2.45. The molecule has 0 aromatic heterocycles. The van der Waals surface area contributed by atoms with Crippen LogP contribution in [0.25, 0.3) is 6.08 Å². The Morgan fingerprint density at radius 3 is 2.86 bits per heavy atom. The highest BCUT2D eigenvalue weighted by Crippen LogP contribution is 2.36. The Hall–Kier alpha value is -0.670. The molecule has 0 atom stereocenters. The first-order chi connectivity index (χ1) is 6.57. The van der Waals surface area contributed by atoms with E-state index in [0.29, 0.717) is 17.7 Å². The van der Waals surface area contributed by atoms with Crippen molar-refractivity contribution in [3.05, 3.63) is 29.8 Å². The van der Waals surface area contributed by atoms with E-state index < -0.39 is 6.49 Å². The van der Waals surface area contributed by atoms with Crippen molar-refractivity contribution in [2.45, 2.75) is 0 Å². The molecule has 0 spiro atoms. The molecule has 14 heavy (non-hydrogen) atoms. The average Bonchev–Trinajstić information content (AvgIpc) is 2.16. The molecule has 2 N–H and O–H groups in total. The van der Waals surface area contributed by atoms with Crippen molar-refractivity contribution in [3.63, 3.8) is 0 Å². The molecule has 0 bridgehead atoms. The maximum absolute atomic E-state index is 9.30. The number of rotatable bonds is 1. The molecule has 0 unspecified atom stereocenters. The van der Waals surface area contributed by atoms with Gasteiger partial charge in [-0.25, -0.2) is 0 Å². The van der Waals surface area contributed by atoms with E-state index in [-0.39, 0.29) is 0 Å². The third kappa shape index (κ3) is 1.88. The lowest BCUT2D eigenvalue weighted by Gasteiger charge is -2.15. The number of hydrogen-bond acceptors (Lipinski definition) is 2. The highest BCUT2D eigenvalue weighted by Gasteiger charge is 2.14. The summed E-state index contributed by atoms with van der Waals surface area (Å²) < 4.78 is 5.32. The van der Waals surface area contributed by atoms with Gasteiger partial charge in [-0.2, -0.15) is 0 Å². The first-order valence-corrected chi connectivity index (χ1v) is 6.78. The molecule has 0 aliphatic carbocycles. The highest BCUT2D eigenvalue weighted by molar-refractivity contribution is 8.12. The summed E-state index contributed by atoms with van der Waals surface area (Å²) in [5.41, 5.74) is 0.934. The van der Waals surface area contributed by atoms with Gasteiger partial charge in [0.25, 0.3) is 0 Å². The van der Waals surface area contributed by atoms with Crippen LogP contribution in [0.2, 0.25) is 0 Å². The molecule has 3 nitrogen and oxygen atoms in total. The largest absolute Gasteiger partial charge is 0.489 e. The van der Waals surface area contributed by atoms with Crippen molar-refractivity contribution in [2.24, 2.45) is 0 Å². The van der Waals surface area contributed by atoms with Crippen molar-refractivity contribution < 1.29 is 14.5 Å². The molecule has 0 radical (unpaired) electrons. The van der Waals surface area contributed by atoms with E-state index >= 15 is 0 Å². The second kappa shape index (κ2) is 3.48. The lowest BCUT2D eigenvalue weighted by Crippen LogP contribution is -2.07. The molecule has 0 amide bonds. The monoisotopic (exact) mass is 228 g/mol. The van der Waals surface area contributed by atoms with Gasteiger partial charge in [-0.3, -0.25) is 0 Å². The van der Waals surface area contributed by atoms with Crippen molar-refractivity contribution in [3.8, 4) is 5.75 Å². The minimum absolute atomic E-state index is 0.363. The summed E-state index contributed by atoms with van der Waals surface area (Å²) in [6.07, 6.45) is 3.83. The zero-order valence-corrected chi connectivity index (χ0v) is 8.96. The van der Waals surface area contributed by atoms with E-state index in [9.17, 15) is 9.79 Å². The molecule has 1 heterocycles. The van der Waals surface area contributed by atoms with Crippen LogP contribution < -0.4 is 10.0 Å². The maximum Gasteiger partial charge on any atom is 0.214 e. The maximum atomic E-state index is 9.30. The second-order valence-corrected chi connectivity index (χ2v) is 6.11. The number of hydrogen-bond donors (Lipinski definition) is 2. The van der Waals surface area contributed by atoms with Crippen molar-refractivity contribution >= 4 is 29.7 Å². The van der Waals surface area contributed by atoms with Crippen LogP contribution in [0.15, 0.2) is 24.3 Å². The Balaban J connectivity index is 2.50. The molecule has 74 valence electrons. The van der Waals surface area contributed by atoms with E-state index in [4.69, 9.17) is 4.74 Å². The Bertz CT molecular complexity index is 436. The molecule has 0 saturated heterocycles. The zero-order valence-electron chi connectivity index (χ0n) is 7.25. The van der Waals surface area contributed by atoms with Gasteiger partial charge in [0, 0.05) is 10.9 Å². The van der Waals surface area contributed by atoms with Crippen LogP contribution in [0, 0.1) is 0 Å². The summed E-state index contributed by atoms with van der Waals surface area (Å²) in [6, 6.07) is 4.99. The Morgan fingerprint density at radius 1 is 1.36 bits per heavy atom. The zero-order chi connectivity index (χ0) is 10.2. The van der Waals surface area contributed by atoms with Crippen LogP contribution in [0.5, 0.6) is 5.75 Å².